The maximum absolute atomic E-state index is 11.7. The van der Waals surface area contributed by atoms with E-state index in [9.17, 15) is 9.59 Å². The van der Waals surface area contributed by atoms with Crippen molar-refractivity contribution in [2.45, 2.75) is 6.54 Å². The normalized spacial score (nSPS) is 18.5. The molecule has 2 aliphatic heterocycles. The third-order valence-electron chi connectivity index (χ3n) is 2.90. The zero-order valence-corrected chi connectivity index (χ0v) is 8.56. The monoisotopic (exact) mass is 214 g/mol. The highest BCUT2D eigenvalue weighted by Gasteiger charge is 2.31. The first kappa shape index (κ1) is 9.15. The van der Waals surface area contributed by atoms with Crippen molar-refractivity contribution in [1.29, 1.82) is 0 Å². The van der Waals surface area contributed by atoms with E-state index in [4.69, 9.17) is 0 Å². The number of hydrogen-bond acceptors (Lipinski definition) is 2. The minimum absolute atomic E-state index is 0.0552. The first-order valence-electron chi connectivity index (χ1n) is 5.14. The molecule has 0 saturated carbocycles. The van der Waals surface area contributed by atoms with E-state index in [1.807, 2.05) is 24.3 Å². The molecule has 80 valence electrons. The van der Waals surface area contributed by atoms with E-state index < -0.39 is 0 Å². The summed E-state index contributed by atoms with van der Waals surface area (Å²) in [4.78, 5) is 24.8. The number of benzene rings is 1. The van der Waals surface area contributed by atoms with E-state index in [1.165, 1.54) is 0 Å². The van der Waals surface area contributed by atoms with Crippen LogP contribution in [0, 0.1) is 0 Å². The standard InChI is InChI=1S/C12H10N2O2/c15-11-6-13-12(16)10-5-8-3-1-2-4-9(8)7-14(10)11/h1-5H,6-7H2,(H,13,16). The van der Waals surface area contributed by atoms with Gasteiger partial charge in [0, 0.05) is 0 Å². The first-order valence-corrected chi connectivity index (χ1v) is 5.14. The second kappa shape index (κ2) is 3.20. The molecule has 1 N–H and O–H groups in total. The van der Waals surface area contributed by atoms with Crippen LogP contribution in [-0.2, 0) is 16.1 Å². The van der Waals surface area contributed by atoms with Crippen LogP contribution in [0.4, 0.5) is 0 Å². The van der Waals surface area contributed by atoms with Gasteiger partial charge in [0.2, 0.25) is 5.91 Å². The lowest BCUT2D eigenvalue weighted by Gasteiger charge is -2.32. The van der Waals surface area contributed by atoms with Crippen LogP contribution in [0.2, 0.25) is 0 Å². The SMILES string of the molecule is O=C1NCC(=O)N2Cc3ccccc3C=C12. The van der Waals surface area contributed by atoms with Crippen molar-refractivity contribution in [3.63, 3.8) is 0 Å². The summed E-state index contributed by atoms with van der Waals surface area (Å²) in [5.74, 6) is -0.227. The minimum atomic E-state index is -0.172. The summed E-state index contributed by atoms with van der Waals surface area (Å²) in [6.07, 6.45) is 1.77. The van der Waals surface area contributed by atoms with Gasteiger partial charge in [0.25, 0.3) is 5.91 Å². The van der Waals surface area contributed by atoms with Crippen molar-refractivity contribution in [2.75, 3.05) is 6.54 Å². The molecule has 0 bridgehead atoms. The second-order valence-electron chi connectivity index (χ2n) is 3.89. The second-order valence-corrected chi connectivity index (χ2v) is 3.89. The molecule has 2 aliphatic rings. The predicted molar refractivity (Wildman–Crippen MR) is 58.0 cm³/mol. The van der Waals surface area contributed by atoms with Crippen LogP contribution >= 0.6 is 0 Å². The Kier molecular flexibility index (Phi) is 1.83. The van der Waals surface area contributed by atoms with Crippen molar-refractivity contribution in [2.24, 2.45) is 0 Å². The number of rotatable bonds is 0. The Morgan fingerprint density at radius 2 is 2.00 bits per heavy atom. The molecule has 3 rings (SSSR count). The Balaban J connectivity index is 2.12. The number of nitrogens with zero attached hydrogens (tertiary/aromatic N) is 1. The van der Waals surface area contributed by atoms with Crippen LogP contribution in [0.5, 0.6) is 0 Å². The number of amides is 2. The Morgan fingerprint density at radius 3 is 2.88 bits per heavy atom. The molecule has 0 unspecified atom stereocenters. The maximum atomic E-state index is 11.7. The number of carbonyl (C=O) groups excluding carboxylic acids is 2. The highest BCUT2D eigenvalue weighted by atomic mass is 16.2. The lowest BCUT2D eigenvalue weighted by atomic mass is 10.00. The van der Waals surface area contributed by atoms with Gasteiger partial charge in [0.1, 0.15) is 5.70 Å². The van der Waals surface area contributed by atoms with Crippen LogP contribution in [-0.4, -0.2) is 23.3 Å². The molecule has 1 fully saturated rings. The zero-order chi connectivity index (χ0) is 11.1. The average molecular weight is 214 g/mol. The molecule has 4 heteroatoms. The van der Waals surface area contributed by atoms with Crippen molar-refractivity contribution < 1.29 is 9.59 Å². The average Bonchev–Trinajstić information content (AvgIpc) is 2.32. The fraction of sp³-hybridized carbons (Fsp3) is 0.167. The molecular weight excluding hydrogens is 204 g/mol. The van der Waals surface area contributed by atoms with E-state index in [-0.39, 0.29) is 18.4 Å². The van der Waals surface area contributed by atoms with Gasteiger partial charge in [-0.15, -0.1) is 0 Å². The minimum Gasteiger partial charge on any atom is -0.342 e. The third-order valence-corrected chi connectivity index (χ3v) is 2.90. The maximum Gasteiger partial charge on any atom is 0.268 e. The van der Waals surface area contributed by atoms with Crippen LogP contribution in [0.3, 0.4) is 0 Å². The molecule has 0 aromatic heterocycles. The summed E-state index contributed by atoms with van der Waals surface area (Å²) in [5.41, 5.74) is 2.54. The van der Waals surface area contributed by atoms with Gasteiger partial charge in [-0.2, -0.15) is 0 Å². The summed E-state index contributed by atoms with van der Waals surface area (Å²) < 4.78 is 0. The summed E-state index contributed by atoms with van der Waals surface area (Å²) in [6.45, 7) is 0.590. The van der Waals surface area contributed by atoms with Crippen molar-refractivity contribution in [3.8, 4) is 0 Å². The van der Waals surface area contributed by atoms with Crippen molar-refractivity contribution >= 4 is 17.9 Å². The lowest BCUT2D eigenvalue weighted by Crippen LogP contribution is -2.50. The van der Waals surface area contributed by atoms with Gasteiger partial charge in [-0.25, -0.2) is 0 Å². The molecule has 1 aromatic carbocycles. The Bertz CT molecular complexity index is 520. The van der Waals surface area contributed by atoms with Crippen LogP contribution < -0.4 is 5.32 Å². The number of fused-ring (bicyclic) bond motifs is 2. The van der Waals surface area contributed by atoms with Gasteiger partial charge >= 0.3 is 0 Å². The van der Waals surface area contributed by atoms with E-state index >= 15 is 0 Å². The van der Waals surface area contributed by atoms with E-state index in [2.05, 4.69) is 5.32 Å². The van der Waals surface area contributed by atoms with E-state index in [1.54, 1.807) is 11.0 Å². The highest BCUT2D eigenvalue weighted by molar-refractivity contribution is 6.06. The lowest BCUT2D eigenvalue weighted by molar-refractivity contribution is -0.137. The first-order chi connectivity index (χ1) is 7.75. The molecule has 2 heterocycles. The molecule has 0 aliphatic carbocycles. The number of carbonyl (C=O) groups is 2. The molecule has 1 aromatic rings. The quantitative estimate of drug-likeness (QED) is 0.683. The fourth-order valence-electron chi connectivity index (χ4n) is 2.05. The Hall–Kier alpha value is -2.10. The third kappa shape index (κ3) is 1.23. The van der Waals surface area contributed by atoms with Gasteiger partial charge in [-0.05, 0) is 17.2 Å². The summed E-state index contributed by atoms with van der Waals surface area (Å²) in [7, 11) is 0. The van der Waals surface area contributed by atoms with E-state index in [0.29, 0.717) is 12.2 Å². The van der Waals surface area contributed by atoms with Gasteiger partial charge in [0.15, 0.2) is 0 Å². The van der Waals surface area contributed by atoms with Gasteiger partial charge in [-0.1, -0.05) is 24.3 Å². The summed E-state index contributed by atoms with van der Waals surface area (Å²) in [6, 6.07) is 7.79. The van der Waals surface area contributed by atoms with Gasteiger partial charge < -0.3 is 10.2 Å². The molecule has 0 atom stereocenters. The number of hydrogen-bond donors (Lipinski definition) is 1. The van der Waals surface area contributed by atoms with Crippen LogP contribution in [0.1, 0.15) is 11.1 Å². The fourth-order valence-corrected chi connectivity index (χ4v) is 2.05. The van der Waals surface area contributed by atoms with Crippen LogP contribution in [0.25, 0.3) is 6.08 Å². The van der Waals surface area contributed by atoms with E-state index in [0.717, 1.165) is 11.1 Å². The van der Waals surface area contributed by atoms with Crippen LogP contribution in [0.15, 0.2) is 30.0 Å². The molecule has 2 amide bonds. The topological polar surface area (TPSA) is 49.4 Å². The van der Waals surface area contributed by atoms with Crippen molar-refractivity contribution in [3.05, 3.63) is 41.1 Å². The van der Waals surface area contributed by atoms with Gasteiger partial charge in [-0.3, -0.25) is 9.59 Å². The summed E-state index contributed by atoms with van der Waals surface area (Å²) >= 11 is 0. The van der Waals surface area contributed by atoms with Crippen molar-refractivity contribution in [1.82, 2.24) is 10.2 Å². The largest absolute Gasteiger partial charge is 0.342 e. The molecule has 0 spiro atoms. The summed E-state index contributed by atoms with van der Waals surface area (Å²) in [5, 5.41) is 2.56. The Morgan fingerprint density at radius 1 is 1.19 bits per heavy atom. The predicted octanol–water partition coefficient (Wildman–Crippen LogP) is 0.499. The zero-order valence-electron chi connectivity index (χ0n) is 8.56. The molecule has 0 radical (unpaired) electrons. The molecule has 4 nitrogen and oxygen atoms in total. The van der Waals surface area contributed by atoms with Gasteiger partial charge in [0.05, 0.1) is 13.1 Å². The molecule has 1 saturated heterocycles. The molecule has 16 heavy (non-hydrogen) atoms. The highest BCUT2D eigenvalue weighted by Crippen LogP contribution is 2.25. The number of piperazine rings is 1. The Labute approximate surface area is 92.6 Å². The smallest absolute Gasteiger partial charge is 0.268 e. The molecular formula is C12H10N2O2. The number of nitrogens with one attached hydrogen (secondary N) is 1.